The summed E-state index contributed by atoms with van der Waals surface area (Å²) in [6, 6.07) is 12.6. The van der Waals surface area contributed by atoms with E-state index in [-0.39, 0.29) is 141 Å². The van der Waals surface area contributed by atoms with Crippen LogP contribution in [0.5, 0.6) is 34.9 Å². The van der Waals surface area contributed by atoms with Crippen molar-refractivity contribution in [2.75, 3.05) is 41.0 Å². The molecule has 0 spiro atoms. The average molecular weight is 1970 g/mol. The number of amides is 5. The molecule has 18 atom stereocenters. The molecule has 3 aromatic carbocycles. The summed E-state index contributed by atoms with van der Waals surface area (Å²) < 4.78 is 54.5. The average Bonchev–Trinajstić information content (AvgIpc) is 1.55. The van der Waals surface area contributed by atoms with Gasteiger partial charge in [0.15, 0.2) is 0 Å². The first-order valence-corrected chi connectivity index (χ1v) is 48.8. The molecule has 0 unspecified atom stereocenters. The fourth-order valence-corrected chi connectivity index (χ4v) is 22.4. The number of rotatable bonds is 10. The van der Waals surface area contributed by atoms with Crippen molar-refractivity contribution in [2.45, 2.75) is 323 Å². The first-order valence-electron chi connectivity index (χ1n) is 48.8. The summed E-state index contributed by atoms with van der Waals surface area (Å²) >= 11 is 0. The van der Waals surface area contributed by atoms with E-state index < -0.39 is 94.1 Å². The van der Waals surface area contributed by atoms with Gasteiger partial charge in [-0.1, -0.05) is 166 Å². The summed E-state index contributed by atoms with van der Waals surface area (Å²) in [4.78, 5) is 154. The van der Waals surface area contributed by atoms with Crippen molar-refractivity contribution < 1.29 is 141 Å². The van der Waals surface area contributed by atoms with Crippen LogP contribution in [0, 0.1) is 81.3 Å². The number of aromatic nitrogens is 6. The topological polar surface area (TPSA) is 348 Å². The van der Waals surface area contributed by atoms with E-state index in [1.807, 2.05) is 138 Å². The first-order chi connectivity index (χ1) is 63.0. The largest absolute Gasteiger partial charge is 0.540 e. The van der Waals surface area contributed by atoms with Crippen molar-refractivity contribution in [1.29, 1.82) is 0 Å². The van der Waals surface area contributed by atoms with Gasteiger partial charge in [0.2, 0.25) is 35.4 Å². The minimum atomic E-state index is -0.911. The molecule has 18 rings (SSSR count). The standard InChI is InChI=1S/C36H48N3O6.C34H47N4O6.C33H43N4O6.3V/c1-6-24-30(20-40)39-19-32(24)45-34-28(37-27-13-12-23(43-5)17-29(27)38-34)11-9-7-8-10-25-22-14-21(15-22)16-31(25)44-33(41)18-26(35(39)42)36(2,3)4;1-8-23-27(19-39)38-18-28(23)43-30-25(35-24-15-14-22(42-7)16-26(24)36-30)13-11-9-10-12-21-17-34(21,20(2)3)44-32(41)37-29(31(38)40)33(4,5)6;1-19-26(18-38)37-17-27(19)42-29-24(34-23-14-13-22(41-5)15-25(23)35-29)10-8-6-7-9-21-16-33(21,20-11-12-20)43-31(40)36-28(30(37)39)32(2,3)4;;;/h12-13,17,21-22,24-26,30-32H,6-11,14-16,18-19H2,1-5H3;14-16,20-21,23,27-29H,8-13,17-18H2,1-7H3,(H,37,41);13-15,19-21,26-28H,6-12,16-17H2,1-5H3,(H,36,40);;;/q3*-1;;;/t21?,22?,24-,25+,26+,30+,31+,32-;21-,23+,27-,28+,29-,34+;19-,21+,26+,27-,28+,33-;;;/m010.../s1. The number of aryl methyl sites for hydroxylation is 3. The minimum absolute atomic E-state index is 0. The predicted molar refractivity (Wildman–Crippen MR) is 495 cm³/mol. The summed E-state index contributed by atoms with van der Waals surface area (Å²) in [6.07, 6.45) is 26.1. The molecule has 8 bridgehead atoms. The molecule has 6 aromatic rings. The van der Waals surface area contributed by atoms with E-state index in [2.05, 4.69) is 43.3 Å². The van der Waals surface area contributed by atoms with Crippen LogP contribution in [0.15, 0.2) is 54.6 Å². The van der Waals surface area contributed by atoms with E-state index in [4.69, 9.17) is 72.5 Å². The van der Waals surface area contributed by atoms with Gasteiger partial charge in [0.25, 0.3) is 0 Å². The molecule has 6 aliphatic carbocycles. The Morgan fingerprint density at radius 2 is 0.874 bits per heavy atom. The quantitative estimate of drug-likeness (QED) is 0.0731. The third-order valence-corrected chi connectivity index (χ3v) is 30.7. The van der Waals surface area contributed by atoms with Gasteiger partial charge >= 0.3 is 18.2 Å². The molecule has 6 saturated carbocycles. The van der Waals surface area contributed by atoms with Gasteiger partial charge in [-0.25, -0.2) is 58.4 Å². The molecule has 5 amide bonds. The second kappa shape index (κ2) is 44.0. The normalized spacial score (nSPS) is 30.8. The van der Waals surface area contributed by atoms with Gasteiger partial charge in [0.1, 0.15) is 82.0 Å². The number of hydrogen-bond donors (Lipinski definition) is 2. The number of nitrogens with zero attached hydrogens (tertiary/aromatic N) is 9. The van der Waals surface area contributed by atoms with Crippen LogP contribution in [-0.4, -0.2) is 206 Å². The number of benzene rings is 3. The Labute approximate surface area is 831 Å². The molecule has 32 heteroatoms. The Hall–Kier alpha value is -8.34. The van der Waals surface area contributed by atoms with Crippen LogP contribution in [0.4, 0.5) is 9.59 Å². The van der Waals surface area contributed by atoms with Gasteiger partial charge in [-0.3, -0.25) is 19.2 Å². The summed E-state index contributed by atoms with van der Waals surface area (Å²) in [5, 5.41) is 5.80. The Morgan fingerprint density at radius 3 is 1.29 bits per heavy atom. The molecule has 3 aromatic heterocycles. The molecular weight excluding hydrogens is 1830 g/mol. The zero-order valence-corrected chi connectivity index (χ0v) is 85.9. The number of nitrogens with one attached hydrogen (secondary N) is 2. The van der Waals surface area contributed by atoms with Crippen LogP contribution in [0.3, 0.4) is 0 Å². The SMILES string of the molecule is CC[C@@H]1[C@@H]2CN(C(=O)[C@H](C(C)(C)C)CC(=O)O[C@@H]3CC4CC(C4)[C@H]3CCCCCc3nc4ccc(OC)cc4nc3O2)[C@@H]1[C-]=O.CC[C@@H]1[C@@H]2CN(C(=O)[C@H](C(C)(C)C)NC(=O)O[C@]3(C(C)C)C[C@H]3CCCCCc3nc4ccc(OC)cc4nc3O2)[C@@H]1[C-]=O.COc1ccc2nc3c(nc2c1)O[C@H]1CN(C(=O)[C@H](C(C)(C)C)NC(=O)O[C@]2(C4CC4)C[C@H]2CCCCC3)[C@H]([C-]=O)[C@@H]1C.[V].[V].[V]. The molecular formula is C103H138N11O18V3-3. The molecule has 12 aliphatic rings. The Kier molecular flexibility index (Phi) is 34.4. The molecule has 2 N–H and O–H groups in total. The van der Waals surface area contributed by atoms with Gasteiger partial charge in [0, 0.05) is 85.7 Å². The Balaban J connectivity index is 0.000000180. The maximum atomic E-state index is 14.3. The van der Waals surface area contributed by atoms with E-state index in [1.165, 1.54) is 22.6 Å². The number of carbonyl (C=O) groups is 6. The summed E-state index contributed by atoms with van der Waals surface area (Å²) in [5.41, 5.74) is 3.84. The van der Waals surface area contributed by atoms with Crippen LogP contribution < -0.4 is 39.1 Å². The molecule has 9 heterocycles. The van der Waals surface area contributed by atoms with Crippen LogP contribution in [0.25, 0.3) is 33.1 Å². The van der Waals surface area contributed by atoms with Crippen molar-refractivity contribution >= 4 is 87.8 Å². The van der Waals surface area contributed by atoms with Crippen molar-refractivity contribution in [3.05, 3.63) is 71.7 Å². The molecule has 9 fully saturated rings. The number of alkyl carbamates (subject to hydrolysis) is 2. The van der Waals surface area contributed by atoms with Crippen LogP contribution in [0.1, 0.15) is 255 Å². The fourth-order valence-electron chi connectivity index (χ4n) is 22.4. The predicted octanol–water partition coefficient (Wildman–Crippen LogP) is 16.0. The maximum absolute atomic E-state index is 14.3. The van der Waals surface area contributed by atoms with E-state index in [0.717, 1.165) is 143 Å². The third-order valence-electron chi connectivity index (χ3n) is 30.7. The second-order valence-corrected chi connectivity index (χ2v) is 42.9. The van der Waals surface area contributed by atoms with Crippen molar-refractivity contribution in [2.24, 2.45) is 81.3 Å². The summed E-state index contributed by atoms with van der Waals surface area (Å²) in [5.74, 6) is 3.31. The molecule has 135 heavy (non-hydrogen) atoms. The number of hydrogen-bond acceptors (Lipinski definition) is 24. The zero-order chi connectivity index (χ0) is 94.2. The molecule has 731 valence electrons. The van der Waals surface area contributed by atoms with E-state index in [1.54, 1.807) is 26.2 Å². The van der Waals surface area contributed by atoms with Crippen molar-refractivity contribution in [3.63, 3.8) is 0 Å². The summed E-state index contributed by atoms with van der Waals surface area (Å²) in [6.45, 7) is 27.9. The van der Waals surface area contributed by atoms with E-state index >= 15 is 0 Å². The Bertz CT molecular complexity index is 5230. The Morgan fingerprint density at radius 1 is 0.459 bits per heavy atom. The maximum Gasteiger partial charge on any atom is 0.408 e. The van der Waals surface area contributed by atoms with Crippen LogP contribution in [0.2, 0.25) is 0 Å². The van der Waals surface area contributed by atoms with Gasteiger partial charge in [-0.15, -0.1) is 0 Å². The summed E-state index contributed by atoms with van der Waals surface area (Å²) in [7, 11) is 4.84. The third kappa shape index (κ3) is 23.2. The molecule has 3 radical (unpaired) electrons. The molecule has 6 aliphatic heterocycles. The number of fused-ring (bicyclic) bond motifs is 14. The smallest absolute Gasteiger partial charge is 0.408 e. The number of ether oxygens (including phenoxy) is 9. The van der Waals surface area contributed by atoms with E-state index in [0.29, 0.717) is 113 Å². The van der Waals surface area contributed by atoms with Crippen molar-refractivity contribution in [3.8, 4) is 34.9 Å². The van der Waals surface area contributed by atoms with E-state index in [9.17, 15) is 43.2 Å². The fraction of sp³-hybridized carbons (Fsp3) is 0.680. The molecule has 29 nitrogen and oxygen atoms in total. The van der Waals surface area contributed by atoms with Crippen LogP contribution in [-0.2, 0) is 123 Å². The second-order valence-electron chi connectivity index (χ2n) is 42.9. The minimum Gasteiger partial charge on any atom is -0.540 e. The number of carbonyl (C=O) groups excluding carboxylic acids is 9. The van der Waals surface area contributed by atoms with Crippen LogP contribution >= 0.6 is 0 Å². The monoisotopic (exact) mass is 1970 g/mol. The number of methoxy groups -OCH3 is 3. The van der Waals surface area contributed by atoms with Crippen molar-refractivity contribution in [1.82, 2.24) is 55.2 Å². The molecule has 3 saturated heterocycles. The first kappa shape index (κ1) is 106. The van der Waals surface area contributed by atoms with Gasteiger partial charge in [-0.2, -0.15) is 0 Å². The van der Waals surface area contributed by atoms with Gasteiger partial charge in [-0.05, 0) is 203 Å². The zero-order valence-electron chi connectivity index (χ0n) is 81.8. The van der Waals surface area contributed by atoms with Gasteiger partial charge in [0.05, 0.1) is 86.4 Å². The van der Waals surface area contributed by atoms with Gasteiger partial charge < -0.3 is 82.3 Å². The number of esters is 1.